The molecular formula is C18H19FN2O3. The topological polar surface area (TPSA) is 81.4 Å². The Balaban J connectivity index is 2.10. The molecule has 0 radical (unpaired) electrons. The van der Waals surface area contributed by atoms with Crippen LogP contribution in [-0.2, 0) is 20.7 Å². The van der Waals surface area contributed by atoms with E-state index < -0.39 is 24.0 Å². The van der Waals surface area contributed by atoms with Gasteiger partial charge in [0.25, 0.3) is 5.91 Å². The molecule has 0 aliphatic heterocycles. The van der Waals surface area contributed by atoms with E-state index in [0.29, 0.717) is 11.1 Å². The highest BCUT2D eigenvalue weighted by Gasteiger charge is 2.25. The lowest BCUT2D eigenvalue weighted by Gasteiger charge is -2.20. The van der Waals surface area contributed by atoms with Crippen LogP contribution in [0.25, 0.3) is 0 Å². The van der Waals surface area contributed by atoms with Crippen molar-refractivity contribution in [2.75, 3.05) is 7.11 Å². The monoisotopic (exact) mass is 330 g/mol. The van der Waals surface area contributed by atoms with Crippen LogP contribution in [-0.4, -0.2) is 25.0 Å². The minimum absolute atomic E-state index is 0.173. The smallest absolute Gasteiger partial charge is 0.254 e. The van der Waals surface area contributed by atoms with Gasteiger partial charge in [0.15, 0.2) is 6.10 Å². The van der Waals surface area contributed by atoms with Crippen LogP contribution >= 0.6 is 0 Å². The molecule has 6 heteroatoms. The molecule has 5 nitrogen and oxygen atoms in total. The van der Waals surface area contributed by atoms with Crippen LogP contribution in [0.15, 0.2) is 54.6 Å². The summed E-state index contributed by atoms with van der Waals surface area (Å²) in [6.07, 6.45) is -0.673. The van der Waals surface area contributed by atoms with Crippen molar-refractivity contribution < 1.29 is 18.7 Å². The van der Waals surface area contributed by atoms with Crippen LogP contribution in [0.1, 0.15) is 17.2 Å². The average Bonchev–Trinajstić information content (AvgIpc) is 2.57. The third kappa shape index (κ3) is 4.63. The summed E-state index contributed by atoms with van der Waals surface area (Å²) in [5, 5.41) is 2.60. The number of hydrogen-bond acceptors (Lipinski definition) is 3. The molecule has 24 heavy (non-hydrogen) atoms. The van der Waals surface area contributed by atoms with E-state index in [-0.39, 0.29) is 12.2 Å². The number of carbonyl (C=O) groups is 2. The molecule has 2 rings (SSSR count). The van der Waals surface area contributed by atoms with Crippen LogP contribution in [0.2, 0.25) is 0 Å². The normalized spacial score (nSPS) is 13.1. The molecule has 0 saturated carbocycles. The Morgan fingerprint density at radius 2 is 1.75 bits per heavy atom. The second kappa shape index (κ2) is 8.21. The zero-order valence-electron chi connectivity index (χ0n) is 13.2. The zero-order chi connectivity index (χ0) is 17.5. The predicted molar refractivity (Wildman–Crippen MR) is 87.4 cm³/mol. The summed E-state index contributed by atoms with van der Waals surface area (Å²) in [7, 11) is 1.41. The number of primary amides is 1. The second-order valence-corrected chi connectivity index (χ2v) is 5.32. The van der Waals surface area contributed by atoms with E-state index in [2.05, 4.69) is 5.32 Å². The van der Waals surface area contributed by atoms with E-state index in [1.807, 2.05) is 6.07 Å². The first kappa shape index (κ1) is 17.6. The summed E-state index contributed by atoms with van der Waals surface area (Å²) in [4.78, 5) is 24.1. The van der Waals surface area contributed by atoms with Crippen molar-refractivity contribution in [3.8, 4) is 0 Å². The molecule has 3 N–H and O–H groups in total. The van der Waals surface area contributed by atoms with E-state index in [1.165, 1.54) is 19.2 Å². The van der Waals surface area contributed by atoms with Gasteiger partial charge in [-0.2, -0.15) is 0 Å². The maximum absolute atomic E-state index is 13.0. The maximum Gasteiger partial charge on any atom is 0.254 e. The maximum atomic E-state index is 13.0. The molecule has 0 fully saturated rings. The molecule has 126 valence electrons. The Hall–Kier alpha value is -2.73. The zero-order valence-corrected chi connectivity index (χ0v) is 13.2. The number of halogens is 1. The fraction of sp³-hybridized carbons (Fsp3) is 0.222. The second-order valence-electron chi connectivity index (χ2n) is 5.32. The van der Waals surface area contributed by atoms with Crippen molar-refractivity contribution in [2.45, 2.75) is 18.6 Å². The van der Waals surface area contributed by atoms with E-state index in [0.717, 1.165) is 0 Å². The molecule has 0 saturated heterocycles. The molecule has 2 atom stereocenters. The summed E-state index contributed by atoms with van der Waals surface area (Å²) >= 11 is 0. The number of nitrogens with one attached hydrogen (secondary N) is 1. The fourth-order valence-electron chi connectivity index (χ4n) is 2.35. The van der Waals surface area contributed by atoms with Crippen LogP contribution in [0.3, 0.4) is 0 Å². The molecule has 2 aromatic rings. The molecule has 2 aromatic carbocycles. The van der Waals surface area contributed by atoms with Gasteiger partial charge in [0.1, 0.15) is 11.9 Å². The van der Waals surface area contributed by atoms with Gasteiger partial charge in [-0.05, 0) is 23.3 Å². The lowest BCUT2D eigenvalue weighted by Crippen LogP contribution is -2.47. The number of benzene rings is 2. The molecule has 0 heterocycles. The first-order valence-electron chi connectivity index (χ1n) is 7.43. The quantitative estimate of drug-likeness (QED) is 0.811. The average molecular weight is 330 g/mol. The van der Waals surface area contributed by atoms with Gasteiger partial charge in [0.05, 0.1) is 0 Å². The molecule has 2 amide bonds. The van der Waals surface area contributed by atoms with Gasteiger partial charge in [-0.25, -0.2) is 4.39 Å². The lowest BCUT2D eigenvalue weighted by atomic mass is 10.0. The third-order valence-corrected chi connectivity index (χ3v) is 3.59. The highest BCUT2D eigenvalue weighted by molar-refractivity contribution is 5.89. The minimum atomic E-state index is -0.913. The summed E-state index contributed by atoms with van der Waals surface area (Å²) < 4.78 is 18.2. The predicted octanol–water partition coefficient (Wildman–Crippen LogP) is 1.73. The van der Waals surface area contributed by atoms with E-state index >= 15 is 0 Å². The summed E-state index contributed by atoms with van der Waals surface area (Å²) in [6, 6.07) is 13.7. The van der Waals surface area contributed by atoms with Crippen LogP contribution in [0, 0.1) is 5.82 Å². The van der Waals surface area contributed by atoms with Crippen LogP contribution in [0.4, 0.5) is 4.39 Å². The Kier molecular flexibility index (Phi) is 6.03. The number of carbonyl (C=O) groups excluding carboxylic acids is 2. The summed E-state index contributed by atoms with van der Waals surface area (Å²) in [6.45, 7) is 0. The Morgan fingerprint density at radius 3 is 2.29 bits per heavy atom. The lowest BCUT2D eigenvalue weighted by molar-refractivity contribution is -0.134. The van der Waals surface area contributed by atoms with Crippen molar-refractivity contribution in [1.82, 2.24) is 5.32 Å². The highest BCUT2D eigenvalue weighted by atomic mass is 19.1. The Bertz CT molecular complexity index is 689. The number of methoxy groups -OCH3 is 1. The summed E-state index contributed by atoms with van der Waals surface area (Å²) in [5.74, 6) is -1.51. The minimum Gasteiger partial charge on any atom is -0.368 e. The van der Waals surface area contributed by atoms with Gasteiger partial charge in [0, 0.05) is 13.5 Å². The first-order valence-corrected chi connectivity index (χ1v) is 7.43. The highest BCUT2D eigenvalue weighted by Crippen LogP contribution is 2.17. The molecule has 0 aromatic heterocycles. The van der Waals surface area contributed by atoms with Gasteiger partial charge in [-0.1, -0.05) is 42.5 Å². The van der Waals surface area contributed by atoms with Crippen molar-refractivity contribution >= 4 is 11.8 Å². The van der Waals surface area contributed by atoms with Crippen LogP contribution in [0.5, 0.6) is 0 Å². The Morgan fingerprint density at radius 1 is 1.12 bits per heavy atom. The van der Waals surface area contributed by atoms with Crippen molar-refractivity contribution in [3.05, 3.63) is 71.5 Å². The van der Waals surface area contributed by atoms with Gasteiger partial charge in [0.2, 0.25) is 5.91 Å². The van der Waals surface area contributed by atoms with Crippen LogP contribution < -0.4 is 11.1 Å². The standard InChI is InChI=1S/C18H19FN2O3/c1-24-16(13-5-3-2-4-6-13)18(23)21-15(17(20)22)11-12-7-9-14(19)10-8-12/h2-10,15-16H,11H2,1H3,(H2,20,22)(H,21,23)/t15-,16+/m0/s1. The van der Waals surface area contributed by atoms with Gasteiger partial charge >= 0.3 is 0 Å². The number of nitrogens with two attached hydrogens (primary N) is 1. The largest absolute Gasteiger partial charge is 0.368 e. The Labute approximate surface area is 139 Å². The number of amides is 2. The number of rotatable bonds is 7. The van der Waals surface area contributed by atoms with Crippen molar-refractivity contribution in [3.63, 3.8) is 0 Å². The van der Waals surface area contributed by atoms with E-state index in [4.69, 9.17) is 10.5 Å². The van der Waals surface area contributed by atoms with E-state index in [1.54, 1.807) is 36.4 Å². The number of hydrogen-bond donors (Lipinski definition) is 2. The molecule has 0 aliphatic carbocycles. The molecule has 0 spiro atoms. The van der Waals surface area contributed by atoms with Crippen molar-refractivity contribution in [1.29, 1.82) is 0 Å². The molecule has 0 unspecified atom stereocenters. The van der Waals surface area contributed by atoms with E-state index in [9.17, 15) is 14.0 Å². The first-order chi connectivity index (χ1) is 11.5. The molecule has 0 aliphatic rings. The molecular weight excluding hydrogens is 311 g/mol. The van der Waals surface area contributed by atoms with Gasteiger partial charge in [-0.15, -0.1) is 0 Å². The SMILES string of the molecule is CO[C@@H](C(=O)N[C@@H](Cc1ccc(F)cc1)C(N)=O)c1ccccc1. The van der Waals surface area contributed by atoms with Crippen molar-refractivity contribution in [2.24, 2.45) is 5.73 Å². The number of ether oxygens (including phenoxy) is 1. The summed E-state index contributed by atoms with van der Waals surface area (Å²) in [5.41, 5.74) is 6.73. The fourth-order valence-corrected chi connectivity index (χ4v) is 2.35. The third-order valence-electron chi connectivity index (χ3n) is 3.59. The van der Waals surface area contributed by atoms with Gasteiger partial charge < -0.3 is 15.8 Å². The van der Waals surface area contributed by atoms with Gasteiger partial charge in [-0.3, -0.25) is 9.59 Å². The molecule has 0 bridgehead atoms.